The maximum Gasteiger partial charge on any atom is 0.0280 e. The summed E-state index contributed by atoms with van der Waals surface area (Å²) in [5.41, 5.74) is 2.95. The quantitative estimate of drug-likeness (QED) is 0.623. The minimum Gasteiger partial charge on any atom is -0.768 e. The molecule has 2 nitrogen and oxygen atoms in total. The van der Waals surface area contributed by atoms with E-state index in [1.165, 1.54) is 0 Å². The van der Waals surface area contributed by atoms with Crippen molar-refractivity contribution in [1.82, 2.24) is 0 Å². The van der Waals surface area contributed by atoms with Gasteiger partial charge in [-0.3, -0.25) is 4.21 Å². The molecule has 12 heavy (non-hydrogen) atoms. The molecule has 66 valence electrons. The van der Waals surface area contributed by atoms with Gasteiger partial charge in [-0.15, -0.1) is 0 Å². The first-order valence-electron chi connectivity index (χ1n) is 3.69. The first-order chi connectivity index (χ1) is 5.52. The fourth-order valence-corrected chi connectivity index (χ4v) is 1.71. The Morgan fingerprint density at radius 3 is 2.08 bits per heavy atom. The summed E-state index contributed by atoms with van der Waals surface area (Å²) < 4.78 is 21.4. The smallest absolute Gasteiger partial charge is 0.0280 e. The predicted octanol–water partition coefficient (Wildman–Crippen LogP) is 1.85. The van der Waals surface area contributed by atoms with Crippen LogP contribution in [-0.4, -0.2) is 8.76 Å². The Kier molecular flexibility index (Phi) is 2.65. The number of hydrogen-bond acceptors (Lipinski definition) is 2. The summed E-state index contributed by atoms with van der Waals surface area (Å²) in [6, 6.07) is 3.59. The highest BCUT2D eigenvalue weighted by molar-refractivity contribution is 7.79. The van der Waals surface area contributed by atoms with Crippen LogP contribution in [0.25, 0.3) is 0 Å². The summed E-state index contributed by atoms with van der Waals surface area (Å²) in [6.07, 6.45) is 0. The zero-order chi connectivity index (χ0) is 9.30. The molecule has 1 rings (SSSR count). The minimum atomic E-state index is -2.11. The summed E-state index contributed by atoms with van der Waals surface area (Å²) in [6.45, 7) is 5.68. The summed E-state index contributed by atoms with van der Waals surface area (Å²) >= 11 is -2.11. The van der Waals surface area contributed by atoms with Crippen LogP contribution in [0.4, 0.5) is 0 Å². The van der Waals surface area contributed by atoms with Gasteiger partial charge in [0, 0.05) is 4.90 Å². The standard InChI is InChI=1S/C9H12O2S/c1-6-4-8(3)9(12(10)11)5-7(6)2/h4-5H,1-3H3,(H,10,11)/p-1. The number of hydrogen-bond donors (Lipinski definition) is 0. The molecule has 0 spiro atoms. The van der Waals surface area contributed by atoms with Crippen LogP contribution in [0.5, 0.6) is 0 Å². The molecule has 0 aliphatic carbocycles. The van der Waals surface area contributed by atoms with Gasteiger partial charge in [0.2, 0.25) is 0 Å². The molecule has 0 saturated heterocycles. The number of aryl methyl sites for hydroxylation is 3. The van der Waals surface area contributed by atoms with Gasteiger partial charge in [0.25, 0.3) is 0 Å². The van der Waals surface area contributed by atoms with Gasteiger partial charge in [0.15, 0.2) is 0 Å². The summed E-state index contributed by atoms with van der Waals surface area (Å²) in [5, 5.41) is 0. The second kappa shape index (κ2) is 3.37. The van der Waals surface area contributed by atoms with E-state index in [1.807, 2.05) is 19.9 Å². The topological polar surface area (TPSA) is 40.1 Å². The van der Waals surface area contributed by atoms with E-state index < -0.39 is 11.1 Å². The van der Waals surface area contributed by atoms with Crippen molar-refractivity contribution in [2.24, 2.45) is 0 Å². The minimum absolute atomic E-state index is 0.401. The molecule has 0 N–H and O–H groups in total. The maximum atomic E-state index is 10.7. The van der Waals surface area contributed by atoms with Gasteiger partial charge in [0.1, 0.15) is 0 Å². The Balaban J connectivity index is 3.33. The molecule has 0 amide bonds. The maximum absolute atomic E-state index is 10.7. The van der Waals surface area contributed by atoms with E-state index in [2.05, 4.69) is 0 Å². The van der Waals surface area contributed by atoms with Gasteiger partial charge < -0.3 is 4.55 Å². The zero-order valence-electron chi connectivity index (χ0n) is 7.38. The number of rotatable bonds is 1. The van der Waals surface area contributed by atoms with Crippen molar-refractivity contribution >= 4 is 11.1 Å². The highest BCUT2D eigenvalue weighted by Gasteiger charge is 2.01. The third-order valence-corrected chi connectivity index (χ3v) is 2.77. The third kappa shape index (κ3) is 1.73. The average molecular weight is 183 g/mol. The van der Waals surface area contributed by atoms with E-state index in [0.29, 0.717) is 4.90 Å². The first kappa shape index (κ1) is 9.42. The van der Waals surface area contributed by atoms with Gasteiger partial charge in [-0.05, 0) is 54.6 Å². The molecule has 1 unspecified atom stereocenters. The van der Waals surface area contributed by atoms with Crippen molar-refractivity contribution in [3.05, 3.63) is 28.8 Å². The van der Waals surface area contributed by atoms with Crippen LogP contribution in [0.2, 0.25) is 0 Å². The highest BCUT2D eigenvalue weighted by atomic mass is 32.2. The van der Waals surface area contributed by atoms with Crippen molar-refractivity contribution in [3.8, 4) is 0 Å². The van der Waals surface area contributed by atoms with Crippen LogP contribution >= 0.6 is 0 Å². The molecule has 1 atom stereocenters. The third-order valence-electron chi connectivity index (χ3n) is 1.97. The molecule has 0 saturated carbocycles. The molecule has 0 fully saturated rings. The van der Waals surface area contributed by atoms with Gasteiger partial charge >= 0.3 is 0 Å². The monoisotopic (exact) mass is 183 g/mol. The van der Waals surface area contributed by atoms with E-state index in [9.17, 15) is 8.76 Å². The lowest BCUT2D eigenvalue weighted by atomic mass is 10.1. The summed E-state index contributed by atoms with van der Waals surface area (Å²) in [4.78, 5) is 0.401. The Labute approximate surface area is 74.9 Å². The van der Waals surface area contributed by atoms with Crippen LogP contribution in [0.3, 0.4) is 0 Å². The molecule has 0 heterocycles. The lowest BCUT2D eigenvalue weighted by Gasteiger charge is -2.11. The van der Waals surface area contributed by atoms with Crippen molar-refractivity contribution in [2.75, 3.05) is 0 Å². The predicted molar refractivity (Wildman–Crippen MR) is 47.8 cm³/mol. The summed E-state index contributed by atoms with van der Waals surface area (Å²) in [7, 11) is 0. The van der Waals surface area contributed by atoms with E-state index in [0.717, 1.165) is 16.7 Å². The molecule has 0 bridgehead atoms. The molecular formula is C9H11O2S-. The molecule has 1 aromatic carbocycles. The zero-order valence-corrected chi connectivity index (χ0v) is 8.20. The van der Waals surface area contributed by atoms with Crippen LogP contribution in [0.1, 0.15) is 16.7 Å². The second-order valence-electron chi connectivity index (χ2n) is 2.94. The van der Waals surface area contributed by atoms with E-state index >= 15 is 0 Å². The lowest BCUT2D eigenvalue weighted by Crippen LogP contribution is -1.95. The van der Waals surface area contributed by atoms with Crippen molar-refractivity contribution in [2.45, 2.75) is 25.7 Å². The average Bonchev–Trinajstić information content (AvgIpc) is 1.96. The van der Waals surface area contributed by atoms with E-state index in [1.54, 1.807) is 13.0 Å². The normalized spacial score (nSPS) is 13.0. The van der Waals surface area contributed by atoms with Gasteiger partial charge in [-0.25, -0.2) is 0 Å². The van der Waals surface area contributed by atoms with Gasteiger partial charge in [-0.1, -0.05) is 6.07 Å². The van der Waals surface area contributed by atoms with E-state index in [4.69, 9.17) is 0 Å². The second-order valence-corrected chi connectivity index (χ2v) is 3.85. The molecule has 0 aromatic heterocycles. The molecule has 0 aliphatic heterocycles. The fourth-order valence-electron chi connectivity index (χ4n) is 1.11. The Hall–Kier alpha value is -0.670. The molecule has 1 aromatic rings. The molecule has 3 heteroatoms. The van der Waals surface area contributed by atoms with Gasteiger partial charge in [-0.2, -0.15) is 0 Å². The molecule has 0 aliphatic rings. The van der Waals surface area contributed by atoms with Crippen molar-refractivity contribution in [3.63, 3.8) is 0 Å². The summed E-state index contributed by atoms with van der Waals surface area (Å²) in [5.74, 6) is 0. The molecule has 0 radical (unpaired) electrons. The number of benzene rings is 1. The van der Waals surface area contributed by atoms with Crippen molar-refractivity contribution < 1.29 is 8.76 Å². The Bertz CT molecular complexity index is 332. The van der Waals surface area contributed by atoms with Crippen LogP contribution < -0.4 is 0 Å². The first-order valence-corrected chi connectivity index (χ1v) is 4.77. The Morgan fingerprint density at radius 1 is 1.08 bits per heavy atom. The van der Waals surface area contributed by atoms with Gasteiger partial charge in [0.05, 0.1) is 0 Å². The van der Waals surface area contributed by atoms with E-state index in [-0.39, 0.29) is 0 Å². The lowest BCUT2D eigenvalue weighted by molar-refractivity contribution is 0.536. The Morgan fingerprint density at radius 2 is 1.58 bits per heavy atom. The van der Waals surface area contributed by atoms with Crippen LogP contribution in [0, 0.1) is 20.8 Å². The SMILES string of the molecule is Cc1cc(C)c(S(=O)[O-])cc1C. The fraction of sp³-hybridized carbons (Fsp3) is 0.333. The van der Waals surface area contributed by atoms with Crippen LogP contribution in [0.15, 0.2) is 17.0 Å². The van der Waals surface area contributed by atoms with Crippen molar-refractivity contribution in [1.29, 1.82) is 0 Å². The molecular weight excluding hydrogens is 172 g/mol. The van der Waals surface area contributed by atoms with Crippen LogP contribution in [-0.2, 0) is 11.1 Å². The highest BCUT2D eigenvalue weighted by Crippen LogP contribution is 2.17. The largest absolute Gasteiger partial charge is 0.768 e.